The highest BCUT2D eigenvalue weighted by molar-refractivity contribution is 8.26. The average molecular weight is 435 g/mol. The lowest BCUT2D eigenvalue weighted by Gasteiger charge is -2.20. The van der Waals surface area contributed by atoms with Crippen LogP contribution in [0.2, 0.25) is 0 Å². The van der Waals surface area contributed by atoms with Gasteiger partial charge in [0, 0.05) is 0 Å². The number of ether oxygens (including phenoxy) is 2. The van der Waals surface area contributed by atoms with Gasteiger partial charge in [0.1, 0.15) is 24.7 Å². The number of benzene rings is 2. The second kappa shape index (κ2) is 8.77. The van der Waals surface area contributed by atoms with Crippen molar-refractivity contribution in [1.29, 1.82) is 5.41 Å². The zero-order valence-corrected chi connectivity index (χ0v) is 18.3. The van der Waals surface area contributed by atoms with Crippen LogP contribution in [-0.4, -0.2) is 40.2 Å². The summed E-state index contributed by atoms with van der Waals surface area (Å²) in [7, 11) is 0. The van der Waals surface area contributed by atoms with Crippen LogP contribution in [0.1, 0.15) is 23.6 Å². The summed E-state index contributed by atoms with van der Waals surface area (Å²) in [6.45, 7) is 6.69. The molecule has 0 bridgehead atoms. The number of nitrogens with zero attached hydrogens (tertiary/aromatic N) is 3. The molecule has 1 amide bonds. The molecule has 2 aliphatic heterocycles. The van der Waals surface area contributed by atoms with Crippen LogP contribution in [0.4, 0.5) is 0 Å². The second-order valence-corrected chi connectivity index (χ2v) is 8.39. The monoisotopic (exact) mass is 434 g/mol. The molecular formula is C23H22N4O3S. The topological polar surface area (TPSA) is 87.3 Å². The van der Waals surface area contributed by atoms with E-state index in [-0.39, 0.29) is 11.4 Å². The van der Waals surface area contributed by atoms with E-state index >= 15 is 0 Å². The van der Waals surface area contributed by atoms with Crippen molar-refractivity contribution in [3.8, 4) is 11.5 Å². The van der Waals surface area contributed by atoms with Gasteiger partial charge in [-0.25, -0.2) is 0 Å². The Kier molecular flexibility index (Phi) is 5.90. The van der Waals surface area contributed by atoms with Gasteiger partial charge in [-0.3, -0.25) is 10.2 Å². The lowest BCUT2D eigenvalue weighted by Crippen LogP contribution is -2.35. The Hall–Kier alpha value is -3.39. The van der Waals surface area contributed by atoms with E-state index in [1.54, 1.807) is 6.08 Å². The van der Waals surface area contributed by atoms with Crippen molar-refractivity contribution in [3.63, 3.8) is 0 Å². The molecule has 0 saturated heterocycles. The summed E-state index contributed by atoms with van der Waals surface area (Å²) < 4.78 is 11.6. The van der Waals surface area contributed by atoms with E-state index in [1.807, 2.05) is 57.2 Å². The molecule has 8 heteroatoms. The van der Waals surface area contributed by atoms with Crippen molar-refractivity contribution in [1.82, 2.24) is 5.01 Å². The molecule has 158 valence electrons. The molecule has 2 aliphatic rings. The predicted octanol–water partition coefficient (Wildman–Crippen LogP) is 4.40. The van der Waals surface area contributed by atoms with Gasteiger partial charge < -0.3 is 9.47 Å². The van der Waals surface area contributed by atoms with Crippen LogP contribution in [0.15, 0.2) is 58.1 Å². The highest BCUT2D eigenvalue weighted by Crippen LogP contribution is 2.28. The summed E-state index contributed by atoms with van der Waals surface area (Å²) in [6, 6.07) is 13.4. The number of amidine groups is 2. The number of hydrogen-bond acceptors (Lipinski definition) is 6. The van der Waals surface area contributed by atoms with Gasteiger partial charge in [-0.1, -0.05) is 18.2 Å². The fourth-order valence-electron chi connectivity index (χ4n) is 3.28. The molecule has 0 spiro atoms. The Morgan fingerprint density at radius 2 is 1.74 bits per heavy atom. The predicted molar refractivity (Wildman–Crippen MR) is 124 cm³/mol. The van der Waals surface area contributed by atoms with Crippen LogP contribution in [-0.2, 0) is 4.79 Å². The Labute approximate surface area is 185 Å². The van der Waals surface area contributed by atoms with Crippen molar-refractivity contribution in [2.24, 2.45) is 10.1 Å². The number of carbonyl (C=O) groups excluding carboxylic acids is 1. The first kappa shape index (κ1) is 20.9. The standard InChI is InChI=1S/C23H22N4O3S/c1-14-9-15(2)11-19(10-14)30-8-7-29-18-6-4-5-17(12-18)13-20-21(24)27-23(25-22(20)28)31-16(3)26-27/h4-6,9-13,24H,7-8H2,1-3H3/b20-13+,24-21?. The first-order chi connectivity index (χ1) is 14.9. The number of carbonyl (C=O) groups is 1. The molecule has 0 saturated carbocycles. The first-order valence-electron chi connectivity index (χ1n) is 9.80. The van der Waals surface area contributed by atoms with Gasteiger partial charge in [0.05, 0.1) is 10.6 Å². The first-order valence-corrected chi connectivity index (χ1v) is 10.6. The van der Waals surface area contributed by atoms with Crippen molar-refractivity contribution >= 4 is 39.8 Å². The molecular weight excluding hydrogens is 412 g/mol. The minimum atomic E-state index is -0.443. The average Bonchev–Trinajstić information content (AvgIpc) is 3.08. The zero-order valence-electron chi connectivity index (χ0n) is 17.5. The quantitative estimate of drug-likeness (QED) is 0.538. The Morgan fingerprint density at radius 3 is 2.48 bits per heavy atom. The Balaban J connectivity index is 1.40. The maximum atomic E-state index is 12.4. The van der Waals surface area contributed by atoms with Gasteiger partial charge in [0.25, 0.3) is 5.91 Å². The van der Waals surface area contributed by atoms with Gasteiger partial charge in [-0.15, -0.1) is 0 Å². The summed E-state index contributed by atoms with van der Waals surface area (Å²) in [5.74, 6) is 1.06. The minimum absolute atomic E-state index is 0.0209. The van der Waals surface area contributed by atoms with Crippen LogP contribution in [0.25, 0.3) is 6.08 Å². The van der Waals surface area contributed by atoms with Gasteiger partial charge in [-0.05, 0) is 79.6 Å². The van der Waals surface area contributed by atoms with E-state index < -0.39 is 5.91 Å². The largest absolute Gasteiger partial charge is 0.490 e. The lowest BCUT2D eigenvalue weighted by atomic mass is 10.1. The van der Waals surface area contributed by atoms with Gasteiger partial charge in [0.2, 0.25) is 5.17 Å². The molecule has 0 aliphatic carbocycles. The van der Waals surface area contributed by atoms with Crippen molar-refractivity contribution in [3.05, 3.63) is 64.7 Å². The number of fused-ring (bicyclic) bond motifs is 1. The number of rotatable bonds is 6. The number of hydrazone groups is 1. The number of nitrogens with one attached hydrogen (secondary N) is 1. The molecule has 7 nitrogen and oxygen atoms in total. The SMILES string of the molecule is CC1=NN2C(=N)/C(=C\c3cccc(OCCOc4cc(C)cc(C)c4)c3)C(=O)N=C2S1. The molecule has 2 aromatic rings. The summed E-state index contributed by atoms with van der Waals surface area (Å²) >= 11 is 1.28. The number of aliphatic imine (C=N–C) groups is 1. The fourth-order valence-corrected chi connectivity index (χ4v) is 4.02. The van der Waals surface area contributed by atoms with E-state index in [9.17, 15) is 4.79 Å². The van der Waals surface area contributed by atoms with E-state index in [0.717, 1.165) is 27.5 Å². The molecule has 0 radical (unpaired) electrons. The molecule has 4 rings (SSSR count). The molecule has 0 fully saturated rings. The van der Waals surface area contributed by atoms with Gasteiger partial charge in [0.15, 0.2) is 5.84 Å². The highest BCUT2D eigenvalue weighted by atomic mass is 32.2. The number of thioether (sulfide) groups is 1. The Morgan fingerprint density at radius 1 is 1.03 bits per heavy atom. The minimum Gasteiger partial charge on any atom is -0.490 e. The third kappa shape index (κ3) is 4.86. The van der Waals surface area contributed by atoms with Gasteiger partial charge in [-0.2, -0.15) is 15.1 Å². The van der Waals surface area contributed by atoms with E-state index in [2.05, 4.69) is 16.2 Å². The van der Waals surface area contributed by atoms with E-state index in [1.165, 1.54) is 16.8 Å². The van der Waals surface area contributed by atoms with Crippen LogP contribution in [0.5, 0.6) is 11.5 Å². The summed E-state index contributed by atoms with van der Waals surface area (Å²) in [4.78, 5) is 16.4. The summed E-state index contributed by atoms with van der Waals surface area (Å²) in [6.07, 6.45) is 1.64. The molecule has 1 N–H and O–H groups in total. The molecule has 0 unspecified atom stereocenters. The third-order valence-corrected chi connectivity index (χ3v) is 5.36. The van der Waals surface area contributed by atoms with E-state index in [4.69, 9.17) is 14.9 Å². The fraction of sp³-hybridized carbons (Fsp3) is 0.217. The second-order valence-electron chi connectivity index (χ2n) is 7.23. The Bertz CT molecular complexity index is 1130. The van der Waals surface area contributed by atoms with Crippen molar-refractivity contribution in [2.75, 3.05) is 13.2 Å². The lowest BCUT2D eigenvalue weighted by molar-refractivity contribution is -0.114. The van der Waals surface area contributed by atoms with Crippen molar-refractivity contribution in [2.45, 2.75) is 20.8 Å². The smallest absolute Gasteiger partial charge is 0.283 e. The van der Waals surface area contributed by atoms with Crippen LogP contribution in [0.3, 0.4) is 0 Å². The maximum absolute atomic E-state index is 12.4. The van der Waals surface area contributed by atoms with Crippen LogP contribution >= 0.6 is 11.8 Å². The summed E-state index contributed by atoms with van der Waals surface area (Å²) in [5, 5.41) is 15.1. The molecule has 0 aromatic heterocycles. The maximum Gasteiger partial charge on any atom is 0.283 e. The number of aryl methyl sites for hydroxylation is 2. The molecule has 2 heterocycles. The van der Waals surface area contributed by atoms with E-state index in [0.29, 0.717) is 24.1 Å². The van der Waals surface area contributed by atoms with Crippen LogP contribution < -0.4 is 9.47 Å². The van der Waals surface area contributed by atoms with Crippen LogP contribution in [0, 0.1) is 19.3 Å². The molecule has 31 heavy (non-hydrogen) atoms. The molecule has 0 atom stereocenters. The highest BCUT2D eigenvalue weighted by Gasteiger charge is 2.34. The number of hydrogen-bond donors (Lipinski definition) is 1. The summed E-state index contributed by atoms with van der Waals surface area (Å²) in [5.41, 5.74) is 3.25. The zero-order chi connectivity index (χ0) is 22.0. The number of amides is 1. The van der Waals surface area contributed by atoms with Gasteiger partial charge >= 0.3 is 0 Å². The van der Waals surface area contributed by atoms with Crippen molar-refractivity contribution < 1.29 is 14.3 Å². The third-order valence-electron chi connectivity index (χ3n) is 4.54. The normalized spacial score (nSPS) is 16.9. The molecule has 2 aromatic carbocycles.